The van der Waals surface area contributed by atoms with E-state index >= 15 is 0 Å². The smallest absolute Gasteiger partial charge is 0.308 e. The number of sulfonamides is 1. The summed E-state index contributed by atoms with van der Waals surface area (Å²) in [5.41, 5.74) is 0.382. The number of rotatable bonds is 4. The molecule has 0 aliphatic carbocycles. The molecule has 3 rings (SSSR count). The number of nitrogens with zero attached hydrogens (tertiary/aromatic N) is 2. The molecule has 1 N–H and O–H groups in total. The first-order valence-corrected chi connectivity index (χ1v) is 10.9. The van der Waals surface area contributed by atoms with E-state index in [1.54, 1.807) is 0 Å². The number of likely N-dealkylation sites (tertiary alicyclic amines) is 1. The van der Waals surface area contributed by atoms with Crippen LogP contribution in [0.5, 0.6) is 0 Å². The van der Waals surface area contributed by atoms with Crippen LogP contribution < -0.4 is 0 Å². The summed E-state index contributed by atoms with van der Waals surface area (Å²) >= 11 is 0. The second-order valence-corrected chi connectivity index (χ2v) is 9.48. The first-order chi connectivity index (χ1) is 12.8. The van der Waals surface area contributed by atoms with E-state index in [0.717, 1.165) is 12.8 Å². The highest BCUT2D eigenvalue weighted by Gasteiger charge is 2.30. The maximum Gasteiger partial charge on any atom is 0.308 e. The van der Waals surface area contributed by atoms with Crippen molar-refractivity contribution < 1.29 is 23.1 Å². The number of hydrogen-bond acceptors (Lipinski definition) is 4. The summed E-state index contributed by atoms with van der Waals surface area (Å²) in [5, 5.41) is 9.17. The zero-order valence-electron chi connectivity index (χ0n) is 15.5. The molecule has 1 atom stereocenters. The monoisotopic (exact) mass is 394 g/mol. The lowest BCUT2D eigenvalue weighted by Crippen LogP contribution is -2.42. The zero-order chi connectivity index (χ0) is 19.6. The fourth-order valence-corrected chi connectivity index (χ4v) is 5.16. The lowest BCUT2D eigenvalue weighted by molar-refractivity contribution is -0.143. The molecule has 1 amide bonds. The summed E-state index contributed by atoms with van der Waals surface area (Å²) in [6.45, 7) is 3.89. The molecule has 7 nitrogen and oxygen atoms in total. The predicted octanol–water partition coefficient (Wildman–Crippen LogP) is 2.04. The van der Waals surface area contributed by atoms with Gasteiger partial charge in [0.15, 0.2) is 0 Å². The standard InChI is InChI=1S/C19H26N2O5S/c1-14-8-11-21(12-9-14)27(25,26)17-6-4-15(5-7-17)18(22)20-10-2-3-16(13-20)19(23)24/h4-7,14,16H,2-3,8-13H2,1H3,(H,23,24). The Morgan fingerprint density at radius 2 is 1.67 bits per heavy atom. The molecule has 1 aromatic carbocycles. The quantitative estimate of drug-likeness (QED) is 0.843. The van der Waals surface area contributed by atoms with Gasteiger partial charge in [-0.25, -0.2) is 8.42 Å². The minimum absolute atomic E-state index is 0.190. The fraction of sp³-hybridized carbons (Fsp3) is 0.579. The Labute approximate surface area is 160 Å². The van der Waals surface area contributed by atoms with Crippen molar-refractivity contribution in [2.45, 2.75) is 37.5 Å². The highest BCUT2D eigenvalue weighted by atomic mass is 32.2. The molecule has 148 valence electrons. The molecule has 2 aliphatic heterocycles. The second kappa shape index (κ2) is 7.98. The highest BCUT2D eigenvalue weighted by Crippen LogP contribution is 2.24. The second-order valence-electron chi connectivity index (χ2n) is 7.54. The van der Waals surface area contributed by atoms with Crippen LogP contribution in [-0.4, -0.2) is 60.8 Å². The first-order valence-electron chi connectivity index (χ1n) is 9.41. The van der Waals surface area contributed by atoms with E-state index in [1.165, 1.54) is 33.5 Å². The third-order valence-corrected chi connectivity index (χ3v) is 7.45. The Morgan fingerprint density at radius 1 is 1.04 bits per heavy atom. The van der Waals surface area contributed by atoms with Crippen LogP contribution in [0.2, 0.25) is 0 Å². The van der Waals surface area contributed by atoms with Crippen LogP contribution >= 0.6 is 0 Å². The van der Waals surface area contributed by atoms with E-state index < -0.39 is 21.9 Å². The maximum absolute atomic E-state index is 12.8. The fourth-order valence-electron chi connectivity index (χ4n) is 3.69. The van der Waals surface area contributed by atoms with Crippen molar-refractivity contribution in [3.63, 3.8) is 0 Å². The van der Waals surface area contributed by atoms with Crippen LogP contribution in [0.1, 0.15) is 43.0 Å². The number of carboxylic acids is 1. The van der Waals surface area contributed by atoms with Crippen molar-refractivity contribution in [2.75, 3.05) is 26.2 Å². The van der Waals surface area contributed by atoms with Crippen LogP contribution in [0, 0.1) is 11.8 Å². The lowest BCUT2D eigenvalue weighted by Gasteiger charge is -2.31. The highest BCUT2D eigenvalue weighted by molar-refractivity contribution is 7.89. The van der Waals surface area contributed by atoms with Crippen molar-refractivity contribution in [1.29, 1.82) is 0 Å². The van der Waals surface area contributed by atoms with Gasteiger partial charge in [0.05, 0.1) is 10.8 Å². The average molecular weight is 394 g/mol. The van der Waals surface area contributed by atoms with Crippen LogP contribution in [0.15, 0.2) is 29.2 Å². The third-order valence-electron chi connectivity index (χ3n) is 5.54. The molecule has 0 radical (unpaired) electrons. The van der Waals surface area contributed by atoms with E-state index in [9.17, 15) is 18.0 Å². The molecule has 27 heavy (non-hydrogen) atoms. The van der Waals surface area contributed by atoms with Gasteiger partial charge in [-0.1, -0.05) is 6.92 Å². The van der Waals surface area contributed by atoms with Gasteiger partial charge in [0.25, 0.3) is 5.91 Å². The number of hydrogen-bond donors (Lipinski definition) is 1. The van der Waals surface area contributed by atoms with Gasteiger partial charge in [-0.2, -0.15) is 4.31 Å². The molecule has 8 heteroatoms. The Balaban J connectivity index is 1.71. The van der Waals surface area contributed by atoms with Gasteiger partial charge in [0, 0.05) is 31.7 Å². The van der Waals surface area contributed by atoms with Crippen LogP contribution in [0.25, 0.3) is 0 Å². The largest absolute Gasteiger partial charge is 0.481 e. The number of carboxylic acid groups (broad SMARTS) is 1. The number of benzene rings is 1. The first kappa shape index (κ1) is 19.8. The summed E-state index contributed by atoms with van der Waals surface area (Å²) < 4.78 is 27.0. The summed E-state index contributed by atoms with van der Waals surface area (Å²) in [6, 6.07) is 5.98. The number of carbonyl (C=O) groups excluding carboxylic acids is 1. The van der Waals surface area contributed by atoms with Crippen molar-refractivity contribution in [3.8, 4) is 0 Å². The average Bonchev–Trinajstić information content (AvgIpc) is 2.68. The van der Waals surface area contributed by atoms with Crippen molar-refractivity contribution in [1.82, 2.24) is 9.21 Å². The summed E-state index contributed by atoms with van der Waals surface area (Å²) in [5.74, 6) is -1.14. The van der Waals surface area contributed by atoms with Gasteiger partial charge >= 0.3 is 5.97 Å². The van der Waals surface area contributed by atoms with E-state index in [-0.39, 0.29) is 17.3 Å². The lowest BCUT2D eigenvalue weighted by atomic mass is 9.97. The molecule has 2 saturated heterocycles. The van der Waals surface area contributed by atoms with Crippen molar-refractivity contribution >= 4 is 21.9 Å². The molecule has 1 aromatic rings. The molecule has 2 fully saturated rings. The predicted molar refractivity (Wildman–Crippen MR) is 99.9 cm³/mol. The molecule has 0 saturated carbocycles. The minimum atomic E-state index is -3.54. The Bertz CT molecular complexity index is 798. The molecule has 0 aromatic heterocycles. The normalized spacial score (nSPS) is 22.6. The van der Waals surface area contributed by atoms with Gasteiger partial charge < -0.3 is 10.0 Å². The van der Waals surface area contributed by atoms with Gasteiger partial charge in [-0.15, -0.1) is 0 Å². The van der Waals surface area contributed by atoms with Crippen LogP contribution in [-0.2, 0) is 14.8 Å². The van der Waals surface area contributed by atoms with E-state index in [4.69, 9.17) is 5.11 Å². The SMILES string of the molecule is CC1CCN(S(=O)(=O)c2ccc(C(=O)N3CCCC(C(=O)O)C3)cc2)CC1. The number of amides is 1. The molecule has 0 spiro atoms. The summed E-state index contributed by atoms with van der Waals surface area (Å²) in [7, 11) is -3.54. The van der Waals surface area contributed by atoms with Gasteiger partial charge in [-0.05, 0) is 55.9 Å². The van der Waals surface area contributed by atoms with Crippen LogP contribution in [0.4, 0.5) is 0 Å². The minimum Gasteiger partial charge on any atom is -0.481 e. The van der Waals surface area contributed by atoms with E-state index in [1.807, 2.05) is 0 Å². The Morgan fingerprint density at radius 3 is 2.26 bits per heavy atom. The van der Waals surface area contributed by atoms with Crippen molar-refractivity contribution in [2.24, 2.45) is 11.8 Å². The van der Waals surface area contributed by atoms with Gasteiger partial charge in [-0.3, -0.25) is 9.59 Å². The van der Waals surface area contributed by atoms with E-state index in [0.29, 0.717) is 44.0 Å². The maximum atomic E-state index is 12.8. The topological polar surface area (TPSA) is 95.0 Å². The molecule has 0 bridgehead atoms. The van der Waals surface area contributed by atoms with Crippen LogP contribution in [0.3, 0.4) is 0 Å². The summed E-state index contributed by atoms with van der Waals surface area (Å²) in [4.78, 5) is 25.5. The number of aliphatic carboxylic acids is 1. The molecular formula is C19H26N2O5S. The van der Waals surface area contributed by atoms with Gasteiger partial charge in [0.1, 0.15) is 0 Å². The van der Waals surface area contributed by atoms with E-state index in [2.05, 4.69) is 6.92 Å². The zero-order valence-corrected chi connectivity index (χ0v) is 16.3. The third kappa shape index (κ3) is 4.32. The van der Waals surface area contributed by atoms with Crippen molar-refractivity contribution in [3.05, 3.63) is 29.8 Å². The molecular weight excluding hydrogens is 368 g/mol. The summed E-state index contributed by atoms with van der Waals surface area (Å²) in [6.07, 6.45) is 2.94. The Kier molecular flexibility index (Phi) is 5.86. The Hall–Kier alpha value is -1.93. The van der Waals surface area contributed by atoms with Gasteiger partial charge in [0.2, 0.25) is 10.0 Å². The molecule has 1 unspecified atom stereocenters. The molecule has 2 heterocycles. The number of carbonyl (C=O) groups is 2. The molecule has 2 aliphatic rings. The number of piperidine rings is 2.